The molecule has 4 nitrogen and oxygen atoms in total. The van der Waals surface area contributed by atoms with Crippen LogP contribution in [0, 0.1) is 6.92 Å². The van der Waals surface area contributed by atoms with E-state index >= 15 is 0 Å². The fourth-order valence-electron chi connectivity index (χ4n) is 2.55. The van der Waals surface area contributed by atoms with Gasteiger partial charge >= 0.3 is 5.97 Å². The Labute approximate surface area is 135 Å². The van der Waals surface area contributed by atoms with Gasteiger partial charge in [0.25, 0.3) is 0 Å². The second-order valence-electron chi connectivity index (χ2n) is 5.30. The van der Waals surface area contributed by atoms with Crippen LogP contribution in [0.2, 0.25) is 0 Å². The van der Waals surface area contributed by atoms with Gasteiger partial charge in [0.2, 0.25) is 0 Å². The minimum Gasteiger partial charge on any atom is -0.461 e. The zero-order chi connectivity index (χ0) is 16.2. The van der Waals surface area contributed by atoms with Crippen LogP contribution < -0.4 is 0 Å². The maximum Gasteiger partial charge on any atom is 0.355 e. The number of benzene rings is 1. The summed E-state index contributed by atoms with van der Waals surface area (Å²) in [6.07, 6.45) is 3.42. The van der Waals surface area contributed by atoms with Crippen molar-refractivity contribution in [3.05, 3.63) is 66.1 Å². The van der Waals surface area contributed by atoms with Gasteiger partial charge < -0.3 is 9.72 Å². The first-order valence-electron chi connectivity index (χ1n) is 7.56. The standard InChI is InChI=1S/C19H18N2O2/c1-3-23-19(22)18-16(14-7-9-20-10-8-14)12-17(21-18)15-6-4-5-13(2)11-15/h4-12,21H,3H2,1-2H3. The van der Waals surface area contributed by atoms with Crippen molar-refractivity contribution in [2.45, 2.75) is 13.8 Å². The van der Waals surface area contributed by atoms with Crippen molar-refractivity contribution < 1.29 is 9.53 Å². The molecule has 0 bridgehead atoms. The average Bonchev–Trinajstić information content (AvgIpc) is 3.01. The lowest BCUT2D eigenvalue weighted by molar-refractivity contribution is 0.0521. The van der Waals surface area contributed by atoms with Gasteiger partial charge in [-0.25, -0.2) is 4.79 Å². The van der Waals surface area contributed by atoms with Gasteiger partial charge in [-0.1, -0.05) is 23.8 Å². The number of aromatic nitrogens is 2. The van der Waals surface area contributed by atoms with Crippen molar-refractivity contribution >= 4 is 5.97 Å². The first kappa shape index (κ1) is 15.0. The highest BCUT2D eigenvalue weighted by Gasteiger charge is 2.18. The Morgan fingerprint density at radius 3 is 2.61 bits per heavy atom. The average molecular weight is 306 g/mol. The molecule has 2 heterocycles. The molecule has 2 aromatic heterocycles. The number of aryl methyl sites for hydroxylation is 1. The number of nitrogens with zero attached hydrogens (tertiary/aromatic N) is 1. The van der Waals surface area contributed by atoms with E-state index in [4.69, 9.17) is 4.74 Å². The number of nitrogens with one attached hydrogen (secondary N) is 1. The molecule has 0 aliphatic rings. The zero-order valence-corrected chi connectivity index (χ0v) is 13.2. The highest BCUT2D eigenvalue weighted by Crippen LogP contribution is 2.30. The molecular formula is C19H18N2O2. The van der Waals surface area contributed by atoms with Gasteiger partial charge in [-0.3, -0.25) is 4.98 Å². The SMILES string of the molecule is CCOC(=O)c1[nH]c(-c2cccc(C)c2)cc1-c1ccncc1. The molecule has 1 N–H and O–H groups in total. The lowest BCUT2D eigenvalue weighted by atomic mass is 10.1. The maximum atomic E-state index is 12.3. The summed E-state index contributed by atoms with van der Waals surface area (Å²) in [5.74, 6) is -0.349. The monoisotopic (exact) mass is 306 g/mol. The van der Waals surface area contributed by atoms with Gasteiger partial charge in [-0.2, -0.15) is 0 Å². The Bertz CT molecular complexity index is 822. The Morgan fingerprint density at radius 2 is 1.91 bits per heavy atom. The van der Waals surface area contributed by atoms with E-state index < -0.39 is 0 Å². The van der Waals surface area contributed by atoms with E-state index in [1.807, 2.05) is 43.3 Å². The molecule has 0 saturated heterocycles. The lowest BCUT2D eigenvalue weighted by Gasteiger charge is -2.03. The van der Waals surface area contributed by atoms with E-state index in [2.05, 4.69) is 16.0 Å². The summed E-state index contributed by atoms with van der Waals surface area (Å²) in [4.78, 5) is 19.5. The normalized spacial score (nSPS) is 10.5. The zero-order valence-electron chi connectivity index (χ0n) is 13.2. The summed E-state index contributed by atoms with van der Waals surface area (Å²) < 4.78 is 5.18. The molecule has 0 spiro atoms. The number of carbonyl (C=O) groups is 1. The Balaban J connectivity index is 2.12. The summed E-state index contributed by atoms with van der Waals surface area (Å²) in [6.45, 7) is 4.18. The van der Waals surface area contributed by atoms with Crippen LogP contribution in [0.3, 0.4) is 0 Å². The first-order chi connectivity index (χ1) is 11.2. The molecule has 0 aliphatic carbocycles. The first-order valence-corrected chi connectivity index (χ1v) is 7.56. The highest BCUT2D eigenvalue weighted by atomic mass is 16.5. The van der Waals surface area contributed by atoms with E-state index in [1.165, 1.54) is 5.56 Å². The molecule has 0 radical (unpaired) electrons. The van der Waals surface area contributed by atoms with Crippen LogP contribution >= 0.6 is 0 Å². The number of aromatic amines is 1. The summed E-state index contributed by atoms with van der Waals surface area (Å²) in [6, 6.07) is 13.9. The third-order valence-corrected chi connectivity index (χ3v) is 3.62. The van der Waals surface area contributed by atoms with Crippen molar-refractivity contribution in [1.82, 2.24) is 9.97 Å². The molecule has 3 rings (SSSR count). The largest absolute Gasteiger partial charge is 0.461 e. The van der Waals surface area contributed by atoms with Crippen molar-refractivity contribution in [2.24, 2.45) is 0 Å². The predicted molar refractivity (Wildman–Crippen MR) is 90.2 cm³/mol. The summed E-state index contributed by atoms with van der Waals surface area (Å²) in [5.41, 5.74) is 5.31. The van der Waals surface area contributed by atoms with Crippen LogP contribution in [0.1, 0.15) is 23.0 Å². The number of carbonyl (C=O) groups excluding carboxylic acids is 1. The third kappa shape index (κ3) is 3.16. The van der Waals surface area contributed by atoms with Crippen molar-refractivity contribution in [3.8, 4) is 22.4 Å². The van der Waals surface area contributed by atoms with Crippen molar-refractivity contribution in [1.29, 1.82) is 0 Å². The number of rotatable bonds is 4. The van der Waals surface area contributed by atoms with Crippen molar-refractivity contribution in [2.75, 3.05) is 6.61 Å². The van der Waals surface area contributed by atoms with Crippen LogP contribution in [0.25, 0.3) is 22.4 Å². The molecule has 0 saturated carbocycles. The number of hydrogen-bond acceptors (Lipinski definition) is 3. The molecule has 4 heteroatoms. The summed E-state index contributed by atoms with van der Waals surface area (Å²) >= 11 is 0. The molecule has 23 heavy (non-hydrogen) atoms. The Morgan fingerprint density at radius 1 is 1.13 bits per heavy atom. The quantitative estimate of drug-likeness (QED) is 0.734. The highest BCUT2D eigenvalue weighted by molar-refractivity contribution is 5.97. The molecule has 0 unspecified atom stereocenters. The molecule has 0 aliphatic heterocycles. The molecule has 0 amide bonds. The second-order valence-corrected chi connectivity index (χ2v) is 5.30. The predicted octanol–water partition coefficient (Wildman–Crippen LogP) is 4.23. The van der Waals surface area contributed by atoms with Gasteiger partial charge in [-0.05, 0) is 49.2 Å². The number of ether oxygens (including phenoxy) is 1. The van der Waals surface area contributed by atoms with E-state index in [0.717, 1.165) is 22.4 Å². The smallest absolute Gasteiger partial charge is 0.355 e. The van der Waals surface area contributed by atoms with Gasteiger partial charge in [0.15, 0.2) is 0 Å². The third-order valence-electron chi connectivity index (χ3n) is 3.62. The molecule has 1 aromatic carbocycles. The van der Waals surface area contributed by atoms with Crippen molar-refractivity contribution in [3.63, 3.8) is 0 Å². The number of H-pyrrole nitrogens is 1. The minimum atomic E-state index is -0.349. The fraction of sp³-hybridized carbons (Fsp3) is 0.158. The minimum absolute atomic E-state index is 0.341. The number of pyridine rings is 1. The van der Waals surface area contributed by atoms with Crippen LogP contribution in [0.15, 0.2) is 54.9 Å². The Hall–Kier alpha value is -2.88. The van der Waals surface area contributed by atoms with E-state index in [0.29, 0.717) is 12.3 Å². The fourth-order valence-corrected chi connectivity index (χ4v) is 2.55. The molecular weight excluding hydrogens is 288 g/mol. The molecule has 0 fully saturated rings. The number of esters is 1. The maximum absolute atomic E-state index is 12.3. The van der Waals surface area contributed by atoms with Gasteiger partial charge in [0.1, 0.15) is 5.69 Å². The molecule has 116 valence electrons. The second kappa shape index (κ2) is 6.48. The van der Waals surface area contributed by atoms with Gasteiger partial charge in [-0.15, -0.1) is 0 Å². The van der Waals surface area contributed by atoms with Crippen LogP contribution in [0.5, 0.6) is 0 Å². The summed E-state index contributed by atoms with van der Waals surface area (Å²) in [7, 11) is 0. The van der Waals surface area contributed by atoms with E-state index in [-0.39, 0.29) is 5.97 Å². The molecule has 0 atom stereocenters. The van der Waals surface area contributed by atoms with Gasteiger partial charge in [0, 0.05) is 23.7 Å². The molecule has 3 aromatic rings. The van der Waals surface area contributed by atoms with Crippen LogP contribution in [-0.4, -0.2) is 22.5 Å². The van der Waals surface area contributed by atoms with Gasteiger partial charge in [0.05, 0.1) is 6.61 Å². The Kier molecular flexibility index (Phi) is 4.24. The lowest BCUT2D eigenvalue weighted by Crippen LogP contribution is -2.06. The number of hydrogen-bond donors (Lipinski definition) is 1. The topological polar surface area (TPSA) is 55.0 Å². The van der Waals surface area contributed by atoms with Crippen LogP contribution in [-0.2, 0) is 4.74 Å². The summed E-state index contributed by atoms with van der Waals surface area (Å²) in [5, 5.41) is 0. The van der Waals surface area contributed by atoms with E-state index in [9.17, 15) is 4.79 Å². The van der Waals surface area contributed by atoms with E-state index in [1.54, 1.807) is 19.3 Å². The van der Waals surface area contributed by atoms with Crippen LogP contribution in [0.4, 0.5) is 0 Å².